The summed E-state index contributed by atoms with van der Waals surface area (Å²) in [5.41, 5.74) is -0.802. The number of fused-ring (bicyclic) bond motifs is 3. The van der Waals surface area contributed by atoms with Gasteiger partial charge in [-0.05, 0) is 31.0 Å². The van der Waals surface area contributed by atoms with Crippen LogP contribution in [0.3, 0.4) is 0 Å². The molecule has 2 saturated heterocycles. The van der Waals surface area contributed by atoms with Crippen LogP contribution in [0, 0.1) is 11.6 Å². The maximum atomic E-state index is 13.9. The van der Waals surface area contributed by atoms with Gasteiger partial charge in [-0.15, -0.1) is 0 Å². The van der Waals surface area contributed by atoms with E-state index in [1.54, 1.807) is 0 Å². The lowest BCUT2D eigenvalue weighted by molar-refractivity contribution is -0.152. The van der Waals surface area contributed by atoms with Crippen LogP contribution in [-0.4, -0.2) is 59.4 Å². The van der Waals surface area contributed by atoms with Gasteiger partial charge >= 0.3 is 6.18 Å². The zero-order valence-corrected chi connectivity index (χ0v) is 17.2. The molecule has 3 aliphatic heterocycles. The maximum Gasteiger partial charge on any atom is 0.408 e. The highest BCUT2D eigenvalue weighted by molar-refractivity contribution is 5.99. The average Bonchev–Trinajstić information content (AvgIpc) is 3.39. The van der Waals surface area contributed by atoms with E-state index in [4.69, 9.17) is 4.74 Å². The van der Waals surface area contributed by atoms with E-state index in [2.05, 4.69) is 4.98 Å². The van der Waals surface area contributed by atoms with Crippen molar-refractivity contribution in [1.29, 1.82) is 0 Å². The molecule has 0 saturated carbocycles. The van der Waals surface area contributed by atoms with Gasteiger partial charge in [0.2, 0.25) is 5.95 Å². The molecule has 0 aliphatic carbocycles. The predicted octanol–water partition coefficient (Wildman–Crippen LogP) is 2.52. The van der Waals surface area contributed by atoms with Gasteiger partial charge in [0, 0.05) is 24.7 Å². The highest BCUT2D eigenvalue weighted by atomic mass is 19.4. The monoisotopic (exact) mass is 470 g/mol. The SMILES string of the molecule is O=C(CN1c2nc(N3CC4CC3CO4)cc(=O)n2CCC1C(F)(F)F)c1ccc(F)c(F)c1. The van der Waals surface area contributed by atoms with Crippen molar-refractivity contribution in [2.45, 2.75) is 43.8 Å². The third-order valence-electron chi connectivity index (χ3n) is 6.36. The van der Waals surface area contributed by atoms with Gasteiger partial charge < -0.3 is 14.5 Å². The number of alkyl halides is 3. The lowest BCUT2D eigenvalue weighted by Crippen LogP contribution is -2.54. The standard InChI is InChI=1S/C21H19F5N4O3/c22-14-2-1-11(5-15(14)23)16(31)9-30-17(21(24,25)26)3-4-28-19(32)7-18(27-20(28)30)29-8-13-6-12(29)10-33-13/h1-2,5,7,12-13,17H,3-4,6,8-10H2. The van der Waals surface area contributed by atoms with Crippen LogP contribution in [0.4, 0.5) is 33.7 Å². The number of anilines is 2. The Morgan fingerprint density at radius 2 is 1.97 bits per heavy atom. The van der Waals surface area contributed by atoms with Crippen LogP contribution in [0.15, 0.2) is 29.1 Å². The Morgan fingerprint density at radius 1 is 1.18 bits per heavy atom. The molecule has 12 heteroatoms. The molecule has 0 radical (unpaired) electrons. The summed E-state index contributed by atoms with van der Waals surface area (Å²) in [6.07, 6.45) is -4.44. The molecule has 1 aromatic heterocycles. The highest BCUT2D eigenvalue weighted by Crippen LogP contribution is 2.36. The van der Waals surface area contributed by atoms with Gasteiger partial charge in [-0.2, -0.15) is 18.2 Å². The van der Waals surface area contributed by atoms with Gasteiger partial charge in [0.25, 0.3) is 5.56 Å². The molecule has 4 heterocycles. The molecule has 0 N–H and O–H groups in total. The first-order valence-corrected chi connectivity index (χ1v) is 10.4. The summed E-state index contributed by atoms with van der Waals surface area (Å²) < 4.78 is 75.1. The van der Waals surface area contributed by atoms with Gasteiger partial charge in [0.1, 0.15) is 11.9 Å². The molecule has 2 aromatic rings. The summed E-state index contributed by atoms with van der Waals surface area (Å²) in [6.45, 7) is -0.109. The van der Waals surface area contributed by atoms with Crippen molar-refractivity contribution in [1.82, 2.24) is 9.55 Å². The molecule has 2 bridgehead atoms. The Kier molecular flexibility index (Phi) is 5.15. The van der Waals surface area contributed by atoms with Crippen molar-refractivity contribution in [3.05, 3.63) is 51.8 Å². The van der Waals surface area contributed by atoms with Crippen LogP contribution in [0.1, 0.15) is 23.2 Å². The normalized spacial score (nSPS) is 24.3. The summed E-state index contributed by atoms with van der Waals surface area (Å²) in [7, 11) is 0. The summed E-state index contributed by atoms with van der Waals surface area (Å²) in [5, 5.41) is 0. The van der Waals surface area contributed by atoms with Crippen LogP contribution in [0.5, 0.6) is 0 Å². The zero-order valence-electron chi connectivity index (χ0n) is 17.2. The first kappa shape index (κ1) is 21.8. The first-order chi connectivity index (χ1) is 15.6. The number of benzene rings is 1. The number of ketones is 1. The fourth-order valence-corrected chi connectivity index (χ4v) is 4.72. The fourth-order valence-electron chi connectivity index (χ4n) is 4.72. The van der Waals surface area contributed by atoms with E-state index in [9.17, 15) is 31.5 Å². The zero-order chi connectivity index (χ0) is 23.5. The quantitative estimate of drug-likeness (QED) is 0.506. The Bertz CT molecular complexity index is 1170. The molecule has 2 fully saturated rings. The van der Waals surface area contributed by atoms with E-state index in [0.29, 0.717) is 19.2 Å². The lowest BCUT2D eigenvalue weighted by atomic mass is 10.1. The van der Waals surface area contributed by atoms with Gasteiger partial charge in [-0.3, -0.25) is 14.2 Å². The minimum atomic E-state index is -4.70. The molecule has 7 nitrogen and oxygen atoms in total. The van der Waals surface area contributed by atoms with Crippen molar-refractivity contribution in [2.24, 2.45) is 0 Å². The van der Waals surface area contributed by atoms with Gasteiger partial charge in [0.15, 0.2) is 17.4 Å². The minimum Gasteiger partial charge on any atom is -0.374 e. The molecule has 3 atom stereocenters. The third-order valence-corrected chi connectivity index (χ3v) is 6.36. The molecule has 3 aliphatic rings. The largest absolute Gasteiger partial charge is 0.408 e. The smallest absolute Gasteiger partial charge is 0.374 e. The molecule has 0 spiro atoms. The second-order valence-corrected chi connectivity index (χ2v) is 8.43. The summed E-state index contributed by atoms with van der Waals surface area (Å²) in [5.74, 6) is -3.36. The van der Waals surface area contributed by atoms with Crippen molar-refractivity contribution >= 4 is 17.5 Å². The Morgan fingerprint density at radius 3 is 2.61 bits per heavy atom. The van der Waals surface area contributed by atoms with E-state index < -0.39 is 48.2 Å². The second-order valence-electron chi connectivity index (χ2n) is 8.43. The molecule has 176 valence electrons. The Balaban J connectivity index is 1.53. The van der Waals surface area contributed by atoms with Gasteiger partial charge in [0.05, 0.1) is 25.3 Å². The highest BCUT2D eigenvalue weighted by Gasteiger charge is 2.48. The summed E-state index contributed by atoms with van der Waals surface area (Å²) >= 11 is 0. The van der Waals surface area contributed by atoms with Gasteiger partial charge in [-0.25, -0.2) is 8.78 Å². The molecule has 5 rings (SSSR count). The number of ether oxygens (including phenoxy) is 1. The van der Waals surface area contributed by atoms with E-state index in [1.807, 2.05) is 4.90 Å². The average molecular weight is 470 g/mol. The van der Waals surface area contributed by atoms with Crippen molar-refractivity contribution in [2.75, 3.05) is 29.5 Å². The number of rotatable bonds is 4. The molecule has 33 heavy (non-hydrogen) atoms. The first-order valence-electron chi connectivity index (χ1n) is 10.4. The van der Waals surface area contributed by atoms with E-state index in [0.717, 1.165) is 28.0 Å². The Labute approximate surface area is 184 Å². The van der Waals surface area contributed by atoms with Crippen LogP contribution in [-0.2, 0) is 11.3 Å². The third kappa shape index (κ3) is 3.85. The van der Waals surface area contributed by atoms with Crippen molar-refractivity contribution in [3.8, 4) is 0 Å². The minimum absolute atomic E-state index is 0.0236. The van der Waals surface area contributed by atoms with Crippen molar-refractivity contribution in [3.63, 3.8) is 0 Å². The van der Waals surface area contributed by atoms with Crippen LogP contribution >= 0.6 is 0 Å². The number of carbonyl (C=O) groups is 1. The topological polar surface area (TPSA) is 67.7 Å². The van der Waals surface area contributed by atoms with Crippen LogP contribution in [0.2, 0.25) is 0 Å². The molecule has 0 amide bonds. The molecular weight excluding hydrogens is 451 g/mol. The van der Waals surface area contributed by atoms with E-state index >= 15 is 0 Å². The van der Waals surface area contributed by atoms with Crippen LogP contribution in [0.25, 0.3) is 0 Å². The van der Waals surface area contributed by atoms with Crippen LogP contribution < -0.4 is 15.4 Å². The maximum absolute atomic E-state index is 13.9. The van der Waals surface area contributed by atoms with E-state index in [1.165, 1.54) is 6.07 Å². The lowest BCUT2D eigenvalue weighted by Gasteiger charge is -2.39. The number of nitrogens with zero attached hydrogens (tertiary/aromatic N) is 4. The number of Topliss-reactive ketones (excluding diaryl/α,β-unsaturated/α-hetero) is 1. The number of carbonyl (C=O) groups excluding carboxylic acids is 1. The molecule has 3 unspecified atom stereocenters. The number of aromatic nitrogens is 2. The second kappa shape index (κ2) is 7.79. The van der Waals surface area contributed by atoms with Crippen molar-refractivity contribution < 1.29 is 31.5 Å². The number of hydrogen-bond acceptors (Lipinski definition) is 6. The number of halogens is 5. The molecular formula is C21H19F5N4O3. The van der Waals surface area contributed by atoms with E-state index in [-0.39, 0.29) is 36.0 Å². The predicted molar refractivity (Wildman–Crippen MR) is 106 cm³/mol. The van der Waals surface area contributed by atoms with Gasteiger partial charge in [-0.1, -0.05) is 0 Å². The number of morpholine rings is 1. The fraction of sp³-hybridized carbons (Fsp3) is 0.476. The number of hydrogen-bond donors (Lipinski definition) is 0. The summed E-state index contributed by atoms with van der Waals surface area (Å²) in [4.78, 5) is 32.5. The Hall–Kier alpha value is -3.02. The summed E-state index contributed by atoms with van der Waals surface area (Å²) in [6, 6.07) is 1.58. The molecule has 1 aromatic carbocycles.